The number of nitrogens with zero attached hydrogens (tertiary/aromatic N) is 1. The summed E-state index contributed by atoms with van der Waals surface area (Å²) in [4.78, 5) is 15.8. The molecule has 0 atom stereocenters. The van der Waals surface area contributed by atoms with Gasteiger partial charge in [0.05, 0.1) is 12.1 Å². The van der Waals surface area contributed by atoms with Crippen LogP contribution < -0.4 is 4.74 Å². The van der Waals surface area contributed by atoms with Gasteiger partial charge in [-0.05, 0) is 26.8 Å². The third-order valence-electron chi connectivity index (χ3n) is 2.89. The number of rotatable bonds is 4. The molecule has 0 unspecified atom stereocenters. The highest BCUT2D eigenvalue weighted by molar-refractivity contribution is 5.72. The van der Waals surface area contributed by atoms with Crippen LogP contribution in [0.25, 0.3) is 0 Å². The van der Waals surface area contributed by atoms with Crippen molar-refractivity contribution in [3.05, 3.63) is 24.0 Å². The molecule has 1 fully saturated rings. The second-order valence-corrected chi connectivity index (χ2v) is 6.25. The van der Waals surface area contributed by atoms with Gasteiger partial charge in [-0.15, -0.1) is 0 Å². The van der Waals surface area contributed by atoms with Crippen LogP contribution in [0.1, 0.15) is 39.3 Å². The summed E-state index contributed by atoms with van der Waals surface area (Å²) in [7, 11) is 0. The van der Waals surface area contributed by atoms with Gasteiger partial charge in [0.25, 0.3) is 5.92 Å². The number of aromatic nitrogens is 1. The Labute approximate surface area is 122 Å². The van der Waals surface area contributed by atoms with Gasteiger partial charge in [-0.2, -0.15) is 0 Å². The zero-order chi connectivity index (χ0) is 15.7. The van der Waals surface area contributed by atoms with Crippen molar-refractivity contribution in [3.8, 4) is 5.75 Å². The van der Waals surface area contributed by atoms with E-state index in [4.69, 9.17) is 9.47 Å². The minimum Gasteiger partial charge on any atom is -0.490 e. The molecule has 1 heterocycles. The molecule has 0 aliphatic heterocycles. The number of hydrogen-bond acceptors (Lipinski definition) is 4. The Balaban J connectivity index is 1.91. The predicted octanol–water partition coefficient (Wildman–Crippen LogP) is 3.14. The normalized spacial score (nSPS) is 18.0. The van der Waals surface area contributed by atoms with Crippen molar-refractivity contribution in [2.75, 3.05) is 0 Å². The minimum atomic E-state index is -2.61. The minimum absolute atomic E-state index is 0.0231. The topological polar surface area (TPSA) is 48.4 Å². The maximum absolute atomic E-state index is 12.7. The number of ether oxygens (including phenoxy) is 2. The highest BCUT2D eigenvalue weighted by Gasteiger charge is 2.47. The molecule has 0 saturated heterocycles. The molecule has 1 saturated carbocycles. The standard InChI is InChI=1S/C15H19F2NO3/c1-14(2,3)21-13(19)7-10-6-11(4-5-18-10)20-12-8-15(16,17)9-12/h4-6,12H,7-9H2,1-3H3. The van der Waals surface area contributed by atoms with Crippen molar-refractivity contribution in [1.82, 2.24) is 4.98 Å². The molecule has 0 amide bonds. The zero-order valence-electron chi connectivity index (χ0n) is 12.4. The average molecular weight is 299 g/mol. The van der Waals surface area contributed by atoms with E-state index >= 15 is 0 Å². The number of alkyl halides is 2. The largest absolute Gasteiger partial charge is 0.490 e. The lowest BCUT2D eigenvalue weighted by Gasteiger charge is -2.34. The number of pyridine rings is 1. The summed E-state index contributed by atoms with van der Waals surface area (Å²) in [5.74, 6) is -2.55. The molecule has 21 heavy (non-hydrogen) atoms. The van der Waals surface area contributed by atoms with E-state index in [1.54, 1.807) is 32.9 Å². The number of esters is 1. The van der Waals surface area contributed by atoms with Crippen molar-refractivity contribution < 1.29 is 23.0 Å². The summed E-state index contributed by atoms with van der Waals surface area (Å²) in [6, 6.07) is 3.18. The number of carbonyl (C=O) groups excluding carboxylic acids is 1. The molecule has 0 spiro atoms. The van der Waals surface area contributed by atoms with E-state index < -0.39 is 17.6 Å². The first-order valence-corrected chi connectivity index (χ1v) is 6.84. The first-order valence-electron chi connectivity index (χ1n) is 6.84. The number of carbonyl (C=O) groups is 1. The van der Waals surface area contributed by atoms with Crippen LogP contribution in [-0.2, 0) is 16.0 Å². The van der Waals surface area contributed by atoms with Crippen LogP contribution in [0.5, 0.6) is 5.75 Å². The van der Waals surface area contributed by atoms with E-state index in [1.165, 1.54) is 6.20 Å². The number of hydrogen-bond donors (Lipinski definition) is 0. The molecule has 1 aromatic rings. The van der Waals surface area contributed by atoms with E-state index in [9.17, 15) is 13.6 Å². The highest BCUT2D eigenvalue weighted by atomic mass is 19.3. The molecule has 0 N–H and O–H groups in total. The van der Waals surface area contributed by atoms with E-state index in [0.29, 0.717) is 11.4 Å². The van der Waals surface area contributed by atoms with Gasteiger partial charge < -0.3 is 9.47 Å². The average Bonchev–Trinajstić information content (AvgIpc) is 2.23. The molecule has 4 nitrogen and oxygen atoms in total. The predicted molar refractivity (Wildman–Crippen MR) is 72.4 cm³/mol. The van der Waals surface area contributed by atoms with Gasteiger partial charge in [0.15, 0.2) is 0 Å². The van der Waals surface area contributed by atoms with Crippen molar-refractivity contribution in [1.29, 1.82) is 0 Å². The van der Waals surface area contributed by atoms with Gasteiger partial charge in [-0.3, -0.25) is 9.78 Å². The second kappa shape index (κ2) is 5.58. The van der Waals surface area contributed by atoms with Crippen LogP contribution >= 0.6 is 0 Å². The Kier molecular flexibility index (Phi) is 4.16. The first kappa shape index (κ1) is 15.7. The molecule has 0 aromatic carbocycles. The second-order valence-electron chi connectivity index (χ2n) is 6.25. The van der Waals surface area contributed by atoms with Crippen LogP contribution in [0.3, 0.4) is 0 Å². The van der Waals surface area contributed by atoms with E-state index in [-0.39, 0.29) is 25.2 Å². The van der Waals surface area contributed by atoms with Gasteiger partial charge in [0, 0.05) is 25.1 Å². The molecule has 116 valence electrons. The fourth-order valence-electron chi connectivity index (χ4n) is 2.03. The highest BCUT2D eigenvalue weighted by Crippen LogP contribution is 2.39. The van der Waals surface area contributed by atoms with Crippen LogP contribution in [0.15, 0.2) is 18.3 Å². The molecular formula is C15H19F2NO3. The quantitative estimate of drug-likeness (QED) is 0.801. The number of halogens is 2. The van der Waals surface area contributed by atoms with Gasteiger partial charge in [-0.25, -0.2) is 8.78 Å². The maximum atomic E-state index is 12.7. The van der Waals surface area contributed by atoms with Gasteiger partial charge >= 0.3 is 5.97 Å². The summed E-state index contributed by atoms with van der Waals surface area (Å²) < 4.78 is 36.1. The fourth-order valence-corrected chi connectivity index (χ4v) is 2.03. The third-order valence-corrected chi connectivity index (χ3v) is 2.89. The molecule has 1 aliphatic carbocycles. The van der Waals surface area contributed by atoms with Crippen LogP contribution in [0.4, 0.5) is 8.78 Å². The van der Waals surface area contributed by atoms with Gasteiger partial charge in [0.1, 0.15) is 17.5 Å². The van der Waals surface area contributed by atoms with Crippen molar-refractivity contribution in [3.63, 3.8) is 0 Å². The smallest absolute Gasteiger partial charge is 0.312 e. The monoisotopic (exact) mass is 299 g/mol. The Hall–Kier alpha value is -1.72. The van der Waals surface area contributed by atoms with Crippen LogP contribution in [0.2, 0.25) is 0 Å². The Morgan fingerprint density at radius 3 is 2.67 bits per heavy atom. The van der Waals surface area contributed by atoms with Crippen LogP contribution in [0, 0.1) is 0 Å². The van der Waals surface area contributed by atoms with Crippen LogP contribution in [-0.4, -0.2) is 28.6 Å². The summed E-state index contributed by atoms with van der Waals surface area (Å²) >= 11 is 0. The Bertz CT molecular complexity index is 518. The lowest BCUT2D eigenvalue weighted by atomic mass is 9.91. The summed E-state index contributed by atoms with van der Waals surface area (Å²) in [6.45, 7) is 5.36. The lowest BCUT2D eigenvalue weighted by Crippen LogP contribution is -2.43. The molecular weight excluding hydrogens is 280 g/mol. The Morgan fingerprint density at radius 2 is 2.10 bits per heavy atom. The van der Waals surface area contributed by atoms with Gasteiger partial charge in [-0.1, -0.05) is 0 Å². The third kappa shape index (κ3) is 4.95. The molecule has 6 heteroatoms. The van der Waals surface area contributed by atoms with E-state index in [1.807, 2.05) is 0 Å². The maximum Gasteiger partial charge on any atom is 0.312 e. The summed E-state index contributed by atoms with van der Waals surface area (Å²) in [5.41, 5.74) is -0.0595. The van der Waals surface area contributed by atoms with Gasteiger partial charge in [0.2, 0.25) is 0 Å². The van der Waals surface area contributed by atoms with Crippen molar-refractivity contribution in [2.45, 2.75) is 57.7 Å². The molecule has 1 aliphatic rings. The summed E-state index contributed by atoms with van der Waals surface area (Å²) in [5, 5.41) is 0. The molecule has 0 bridgehead atoms. The first-order chi connectivity index (χ1) is 9.63. The van der Waals surface area contributed by atoms with E-state index in [0.717, 1.165) is 0 Å². The lowest BCUT2D eigenvalue weighted by molar-refractivity contribution is -0.154. The van der Waals surface area contributed by atoms with Crippen molar-refractivity contribution in [2.24, 2.45) is 0 Å². The SMILES string of the molecule is CC(C)(C)OC(=O)Cc1cc(OC2CC(F)(F)C2)ccn1. The molecule has 2 rings (SSSR count). The fraction of sp³-hybridized carbons (Fsp3) is 0.600. The van der Waals surface area contributed by atoms with Crippen molar-refractivity contribution >= 4 is 5.97 Å². The molecule has 0 radical (unpaired) electrons. The Morgan fingerprint density at radius 1 is 1.43 bits per heavy atom. The zero-order valence-corrected chi connectivity index (χ0v) is 12.4. The van der Waals surface area contributed by atoms with E-state index in [2.05, 4.69) is 4.98 Å². The summed E-state index contributed by atoms with van der Waals surface area (Å²) in [6.07, 6.45) is 0.506. The molecule has 1 aromatic heterocycles.